The molecule has 0 aliphatic carbocycles. The van der Waals surface area contributed by atoms with Gasteiger partial charge in [-0.1, -0.05) is 61.5 Å². The van der Waals surface area contributed by atoms with E-state index in [1.807, 2.05) is 68.1 Å². The van der Waals surface area contributed by atoms with Crippen molar-refractivity contribution in [1.29, 1.82) is 0 Å². The molecule has 220 valence electrons. The second-order valence-corrected chi connectivity index (χ2v) is 11.5. The zero-order valence-corrected chi connectivity index (χ0v) is 24.7. The van der Waals surface area contributed by atoms with Crippen molar-refractivity contribution in [1.82, 2.24) is 14.4 Å². The van der Waals surface area contributed by atoms with E-state index >= 15 is 0 Å². The molecule has 2 N–H and O–H groups in total. The number of aromatic nitrogens is 1. The standard InChI is InChI=1S/C34H39N3O5/c1-22-17-37(23(2)20-38)33(39)32-31(28-11-7-8-12-29(28)36(32)4)27-10-6-5-9-26(27)21-42-30(22)19-35(3)18-24-13-15-25(16-14-24)34(40)41/h5-16,22-23,30,38H,17-21H2,1-4H3,(H,40,41)/t22-,23+,30-/m1/s1. The number of carboxylic acids is 1. The van der Waals surface area contributed by atoms with E-state index in [1.54, 1.807) is 17.0 Å². The molecule has 8 nitrogen and oxygen atoms in total. The molecule has 42 heavy (non-hydrogen) atoms. The van der Waals surface area contributed by atoms with Gasteiger partial charge in [0.1, 0.15) is 5.69 Å². The summed E-state index contributed by atoms with van der Waals surface area (Å²) < 4.78 is 8.65. The Kier molecular flexibility index (Phi) is 8.77. The van der Waals surface area contributed by atoms with Gasteiger partial charge < -0.3 is 24.4 Å². The number of aliphatic hydroxyl groups excluding tert-OH is 1. The third-order valence-electron chi connectivity index (χ3n) is 8.37. The van der Waals surface area contributed by atoms with Gasteiger partial charge in [0.15, 0.2) is 0 Å². The number of ether oxygens (including phenoxy) is 1. The largest absolute Gasteiger partial charge is 0.478 e. The Hall–Kier alpha value is -3.98. The number of carbonyl (C=O) groups is 2. The summed E-state index contributed by atoms with van der Waals surface area (Å²) in [4.78, 5) is 29.7. The smallest absolute Gasteiger partial charge is 0.335 e. The normalized spacial score (nSPS) is 18.4. The highest BCUT2D eigenvalue weighted by Gasteiger charge is 2.33. The minimum absolute atomic E-state index is 0.0387. The van der Waals surface area contributed by atoms with E-state index in [0.29, 0.717) is 31.9 Å². The van der Waals surface area contributed by atoms with Crippen LogP contribution in [0.4, 0.5) is 0 Å². The first-order valence-corrected chi connectivity index (χ1v) is 14.4. The van der Waals surface area contributed by atoms with Crippen molar-refractivity contribution in [2.75, 3.05) is 26.7 Å². The van der Waals surface area contributed by atoms with Crippen LogP contribution < -0.4 is 0 Å². The summed E-state index contributed by atoms with van der Waals surface area (Å²) in [6, 6.07) is 22.7. The van der Waals surface area contributed by atoms with Crippen molar-refractivity contribution in [3.8, 4) is 11.1 Å². The van der Waals surface area contributed by atoms with Gasteiger partial charge in [-0.3, -0.25) is 9.69 Å². The number of aliphatic hydroxyl groups is 1. The second kappa shape index (κ2) is 12.5. The molecule has 1 aromatic heterocycles. The fourth-order valence-corrected chi connectivity index (χ4v) is 5.96. The molecule has 2 heterocycles. The molecule has 0 bridgehead atoms. The first-order chi connectivity index (χ1) is 20.2. The zero-order valence-electron chi connectivity index (χ0n) is 24.7. The van der Waals surface area contributed by atoms with Crippen molar-refractivity contribution in [3.05, 3.63) is 95.2 Å². The molecular formula is C34H39N3O5. The molecule has 1 aliphatic heterocycles. The van der Waals surface area contributed by atoms with Crippen LogP contribution in [-0.2, 0) is 24.9 Å². The number of benzene rings is 3. The van der Waals surface area contributed by atoms with Crippen LogP contribution in [0.3, 0.4) is 0 Å². The number of rotatable bonds is 7. The van der Waals surface area contributed by atoms with Gasteiger partial charge in [0, 0.05) is 49.1 Å². The number of para-hydroxylation sites is 1. The maximum atomic E-state index is 14.5. The number of likely N-dealkylation sites (N-methyl/N-ethyl adjacent to an activating group) is 1. The summed E-state index contributed by atoms with van der Waals surface area (Å²) in [5.41, 5.74) is 5.72. The van der Waals surface area contributed by atoms with Gasteiger partial charge in [0.2, 0.25) is 0 Å². The van der Waals surface area contributed by atoms with E-state index in [1.165, 1.54) is 0 Å². The lowest BCUT2D eigenvalue weighted by Gasteiger charge is -2.35. The van der Waals surface area contributed by atoms with E-state index < -0.39 is 5.97 Å². The summed E-state index contributed by atoms with van der Waals surface area (Å²) in [5, 5.41) is 20.4. The number of aryl methyl sites for hydroxylation is 1. The number of hydrogen-bond donors (Lipinski definition) is 2. The molecule has 1 aliphatic rings. The molecule has 3 aromatic carbocycles. The van der Waals surface area contributed by atoms with Crippen molar-refractivity contribution >= 4 is 22.8 Å². The zero-order chi connectivity index (χ0) is 30.0. The van der Waals surface area contributed by atoms with Crippen LogP contribution in [0, 0.1) is 5.92 Å². The fourth-order valence-electron chi connectivity index (χ4n) is 5.96. The summed E-state index contributed by atoms with van der Waals surface area (Å²) in [6.07, 6.45) is -0.208. The minimum atomic E-state index is -0.943. The summed E-state index contributed by atoms with van der Waals surface area (Å²) in [7, 11) is 3.95. The van der Waals surface area contributed by atoms with Gasteiger partial charge in [0.05, 0.1) is 30.9 Å². The monoisotopic (exact) mass is 569 g/mol. The van der Waals surface area contributed by atoms with Crippen molar-refractivity contribution in [3.63, 3.8) is 0 Å². The van der Waals surface area contributed by atoms with Crippen LogP contribution in [0.2, 0.25) is 0 Å². The summed E-state index contributed by atoms with van der Waals surface area (Å²) >= 11 is 0. The molecule has 0 fully saturated rings. The Morgan fingerprint density at radius 2 is 1.76 bits per heavy atom. The Morgan fingerprint density at radius 3 is 2.48 bits per heavy atom. The molecule has 4 aromatic rings. The van der Waals surface area contributed by atoms with Crippen LogP contribution in [0.5, 0.6) is 0 Å². The van der Waals surface area contributed by atoms with Gasteiger partial charge in [-0.15, -0.1) is 0 Å². The average Bonchev–Trinajstić information content (AvgIpc) is 3.28. The van der Waals surface area contributed by atoms with Gasteiger partial charge in [-0.2, -0.15) is 0 Å². The second-order valence-electron chi connectivity index (χ2n) is 11.5. The van der Waals surface area contributed by atoms with Crippen LogP contribution in [0.1, 0.15) is 45.8 Å². The number of carbonyl (C=O) groups excluding carboxylic acids is 1. The molecule has 0 spiro atoms. The van der Waals surface area contributed by atoms with Crippen molar-refractivity contribution in [2.45, 2.75) is 39.1 Å². The Balaban J connectivity index is 1.52. The molecule has 0 unspecified atom stereocenters. The van der Waals surface area contributed by atoms with Crippen LogP contribution >= 0.6 is 0 Å². The van der Waals surface area contributed by atoms with Crippen LogP contribution in [-0.4, -0.2) is 75.3 Å². The number of fused-ring (bicyclic) bond motifs is 5. The van der Waals surface area contributed by atoms with E-state index in [9.17, 15) is 19.8 Å². The molecule has 5 rings (SSSR count). The molecule has 8 heteroatoms. The summed E-state index contributed by atoms with van der Waals surface area (Å²) in [5.74, 6) is -1.09. The first kappa shape index (κ1) is 29.5. The molecule has 0 saturated heterocycles. The predicted molar refractivity (Wildman–Crippen MR) is 163 cm³/mol. The molecule has 1 amide bonds. The first-order valence-electron chi connectivity index (χ1n) is 14.4. The van der Waals surface area contributed by atoms with Gasteiger partial charge >= 0.3 is 5.97 Å². The molecule has 0 radical (unpaired) electrons. The molecule has 0 saturated carbocycles. The number of nitrogens with zero attached hydrogens (tertiary/aromatic N) is 3. The van der Waals surface area contributed by atoms with Crippen molar-refractivity contribution < 1.29 is 24.5 Å². The Morgan fingerprint density at radius 1 is 1.07 bits per heavy atom. The lowest BCUT2D eigenvalue weighted by Crippen LogP contribution is -2.47. The fraction of sp³-hybridized carbons (Fsp3) is 0.353. The van der Waals surface area contributed by atoms with Crippen molar-refractivity contribution in [2.24, 2.45) is 13.0 Å². The summed E-state index contributed by atoms with van der Waals surface area (Å²) in [6.45, 7) is 5.86. The Labute approximate surface area is 246 Å². The average molecular weight is 570 g/mol. The lowest BCUT2D eigenvalue weighted by atomic mass is 9.96. The maximum absolute atomic E-state index is 14.5. The van der Waals surface area contributed by atoms with Gasteiger partial charge in [-0.25, -0.2) is 4.79 Å². The number of aromatic carboxylic acids is 1. The van der Waals surface area contributed by atoms with E-state index in [0.717, 1.165) is 33.2 Å². The Bertz CT molecular complexity index is 1580. The number of hydrogen-bond acceptors (Lipinski definition) is 5. The quantitative estimate of drug-likeness (QED) is 0.324. The topological polar surface area (TPSA) is 95.2 Å². The highest BCUT2D eigenvalue weighted by Crippen LogP contribution is 2.38. The van der Waals surface area contributed by atoms with E-state index in [2.05, 4.69) is 30.0 Å². The maximum Gasteiger partial charge on any atom is 0.335 e. The lowest BCUT2D eigenvalue weighted by molar-refractivity contribution is -0.0242. The molecular weight excluding hydrogens is 530 g/mol. The van der Waals surface area contributed by atoms with E-state index in [4.69, 9.17) is 4.74 Å². The third-order valence-corrected chi connectivity index (χ3v) is 8.37. The van der Waals surface area contributed by atoms with Gasteiger partial charge in [-0.05, 0) is 48.9 Å². The van der Waals surface area contributed by atoms with Gasteiger partial charge in [0.25, 0.3) is 5.91 Å². The number of carboxylic acid groups (broad SMARTS) is 1. The van der Waals surface area contributed by atoms with Crippen LogP contribution in [0.15, 0.2) is 72.8 Å². The molecule has 3 atom stereocenters. The SMILES string of the molecule is C[C@@H]1CN([C@@H](C)CO)C(=O)c2c(c3ccccc3n2C)-c2ccccc2CO[C@@H]1CN(C)Cc1ccc(C(=O)O)cc1. The predicted octanol–water partition coefficient (Wildman–Crippen LogP) is 5.03. The highest BCUT2D eigenvalue weighted by molar-refractivity contribution is 6.10. The minimum Gasteiger partial charge on any atom is -0.478 e. The highest BCUT2D eigenvalue weighted by atomic mass is 16.5. The van der Waals surface area contributed by atoms with Crippen LogP contribution in [0.25, 0.3) is 22.0 Å². The van der Waals surface area contributed by atoms with E-state index in [-0.39, 0.29) is 36.1 Å². The third kappa shape index (κ3) is 5.83. The number of amides is 1.